The molecule has 0 unspecified atom stereocenters. The number of halogens is 3. The summed E-state index contributed by atoms with van der Waals surface area (Å²) in [5, 5.41) is 2.72. The summed E-state index contributed by atoms with van der Waals surface area (Å²) in [6.07, 6.45) is -1.50. The fourth-order valence-electron chi connectivity index (χ4n) is 1.99. The molecule has 1 N–H and O–H groups in total. The molecule has 2 rings (SSSR count). The Bertz CT molecular complexity index is 733. The zero-order valence-electron chi connectivity index (χ0n) is 13.1. The van der Waals surface area contributed by atoms with Gasteiger partial charge in [0, 0.05) is 35.8 Å². The van der Waals surface area contributed by atoms with Gasteiger partial charge in [0.1, 0.15) is 0 Å². The van der Waals surface area contributed by atoms with Crippen molar-refractivity contribution in [2.75, 3.05) is 6.61 Å². The maximum atomic E-state index is 12.1. The lowest BCUT2D eigenvalue weighted by atomic mass is 10.2. The Kier molecular flexibility index (Phi) is 5.38. The first-order valence-corrected chi connectivity index (χ1v) is 7.10. The third-order valence-corrected chi connectivity index (χ3v) is 3.07. The number of rotatable bonds is 5. The molecular weight excluding hydrogens is 323 g/mol. The van der Waals surface area contributed by atoms with E-state index < -0.39 is 12.8 Å². The van der Waals surface area contributed by atoms with Gasteiger partial charge in [-0.25, -0.2) is 4.98 Å². The quantitative estimate of drug-likeness (QED) is 0.910. The molecular formula is C16H16F3N3O2. The van der Waals surface area contributed by atoms with E-state index >= 15 is 0 Å². The van der Waals surface area contributed by atoms with E-state index in [9.17, 15) is 18.0 Å². The van der Waals surface area contributed by atoms with Gasteiger partial charge in [-0.15, -0.1) is 0 Å². The highest BCUT2D eigenvalue weighted by atomic mass is 19.4. The number of hydrogen-bond acceptors (Lipinski definition) is 4. The topological polar surface area (TPSA) is 64.1 Å². The second-order valence-electron chi connectivity index (χ2n) is 5.24. The zero-order chi connectivity index (χ0) is 17.7. The van der Waals surface area contributed by atoms with Gasteiger partial charge in [0.25, 0.3) is 5.91 Å². The van der Waals surface area contributed by atoms with Crippen LogP contribution in [0.15, 0.2) is 30.6 Å². The number of nitrogens with zero attached hydrogens (tertiary/aromatic N) is 2. The first-order chi connectivity index (χ1) is 11.2. The number of carbonyl (C=O) groups excluding carboxylic acids is 1. The number of pyridine rings is 2. The predicted molar refractivity (Wildman–Crippen MR) is 80.7 cm³/mol. The lowest BCUT2D eigenvalue weighted by Crippen LogP contribution is -2.23. The fourth-order valence-corrected chi connectivity index (χ4v) is 1.99. The van der Waals surface area contributed by atoms with Gasteiger partial charge in [-0.05, 0) is 37.6 Å². The molecule has 0 aliphatic heterocycles. The van der Waals surface area contributed by atoms with Crippen molar-refractivity contribution in [3.8, 4) is 5.88 Å². The van der Waals surface area contributed by atoms with Crippen molar-refractivity contribution in [1.29, 1.82) is 0 Å². The van der Waals surface area contributed by atoms with Gasteiger partial charge in [0.15, 0.2) is 6.61 Å². The maximum absolute atomic E-state index is 12.1. The molecule has 8 heteroatoms. The van der Waals surface area contributed by atoms with E-state index in [1.54, 1.807) is 38.2 Å². The van der Waals surface area contributed by atoms with E-state index in [2.05, 4.69) is 20.0 Å². The van der Waals surface area contributed by atoms with Crippen molar-refractivity contribution in [3.05, 3.63) is 53.0 Å². The first kappa shape index (κ1) is 17.7. The second kappa shape index (κ2) is 7.29. The Hall–Kier alpha value is -2.64. The fraction of sp³-hybridized carbons (Fsp3) is 0.312. The minimum atomic E-state index is -4.41. The molecule has 0 fully saturated rings. The highest BCUT2D eigenvalue weighted by Crippen LogP contribution is 2.20. The Morgan fingerprint density at radius 1 is 1.25 bits per heavy atom. The number of nitrogens with one attached hydrogen (secondary N) is 1. The van der Waals surface area contributed by atoms with Crippen LogP contribution in [0.5, 0.6) is 5.88 Å². The zero-order valence-corrected chi connectivity index (χ0v) is 13.1. The third-order valence-electron chi connectivity index (χ3n) is 3.07. The minimum absolute atomic E-state index is 0.0767. The van der Waals surface area contributed by atoms with E-state index in [-0.39, 0.29) is 18.3 Å². The predicted octanol–water partition coefficient (Wildman–Crippen LogP) is 2.96. The molecule has 0 aliphatic carbocycles. The molecule has 0 saturated heterocycles. The highest BCUT2D eigenvalue weighted by Gasteiger charge is 2.28. The summed E-state index contributed by atoms with van der Waals surface area (Å²) in [6.45, 7) is 2.19. The molecule has 128 valence electrons. The maximum Gasteiger partial charge on any atom is 0.422 e. The van der Waals surface area contributed by atoms with E-state index in [0.29, 0.717) is 16.7 Å². The molecule has 2 heterocycles. The van der Waals surface area contributed by atoms with Crippen molar-refractivity contribution in [3.63, 3.8) is 0 Å². The summed E-state index contributed by atoms with van der Waals surface area (Å²) in [6, 6.07) is 4.88. The van der Waals surface area contributed by atoms with Gasteiger partial charge in [-0.2, -0.15) is 13.2 Å². The second-order valence-corrected chi connectivity index (χ2v) is 5.24. The van der Waals surface area contributed by atoms with Crippen LogP contribution in [-0.4, -0.2) is 28.7 Å². The molecule has 2 aromatic heterocycles. The van der Waals surface area contributed by atoms with Crippen LogP contribution in [0.2, 0.25) is 0 Å². The molecule has 0 aliphatic rings. The first-order valence-electron chi connectivity index (χ1n) is 7.10. The van der Waals surface area contributed by atoms with Crippen molar-refractivity contribution in [1.82, 2.24) is 15.3 Å². The van der Waals surface area contributed by atoms with Crippen LogP contribution in [0, 0.1) is 13.8 Å². The molecule has 0 saturated carbocycles. The number of aromatic nitrogens is 2. The van der Waals surface area contributed by atoms with Crippen LogP contribution < -0.4 is 10.1 Å². The van der Waals surface area contributed by atoms with E-state index in [1.165, 1.54) is 6.20 Å². The van der Waals surface area contributed by atoms with Gasteiger partial charge in [-0.1, -0.05) is 0 Å². The average molecular weight is 339 g/mol. The molecule has 5 nitrogen and oxygen atoms in total. The van der Waals surface area contributed by atoms with Crippen LogP contribution in [0.4, 0.5) is 13.2 Å². The van der Waals surface area contributed by atoms with Crippen LogP contribution >= 0.6 is 0 Å². The summed E-state index contributed by atoms with van der Waals surface area (Å²) in [5.41, 5.74) is 2.33. The third kappa shape index (κ3) is 5.22. The lowest BCUT2D eigenvalue weighted by molar-refractivity contribution is -0.154. The molecule has 1 amide bonds. The Labute approximate surface area is 136 Å². The molecule has 24 heavy (non-hydrogen) atoms. The number of alkyl halides is 3. The smallest absolute Gasteiger partial charge is 0.422 e. The van der Waals surface area contributed by atoms with Crippen LogP contribution in [0.25, 0.3) is 0 Å². The number of hydrogen-bond donors (Lipinski definition) is 1. The summed E-state index contributed by atoms with van der Waals surface area (Å²) in [4.78, 5) is 19.9. The summed E-state index contributed by atoms with van der Waals surface area (Å²) >= 11 is 0. The molecule has 0 aromatic carbocycles. The summed E-state index contributed by atoms with van der Waals surface area (Å²) in [7, 11) is 0. The number of carbonyl (C=O) groups is 1. The van der Waals surface area contributed by atoms with Gasteiger partial charge in [0.05, 0.1) is 0 Å². The van der Waals surface area contributed by atoms with Crippen LogP contribution in [0.3, 0.4) is 0 Å². The standard InChI is InChI=1S/C16H16F3N3O2/c1-10-5-12(8-22-15(10)24-9-16(17,18)19)7-21-14(23)13-3-4-20-11(2)6-13/h3-6,8H,7,9H2,1-2H3,(H,21,23). The van der Waals surface area contributed by atoms with Crippen molar-refractivity contribution in [2.24, 2.45) is 0 Å². The lowest BCUT2D eigenvalue weighted by Gasteiger charge is -2.11. The molecule has 0 spiro atoms. The minimum Gasteiger partial charge on any atom is -0.468 e. The van der Waals surface area contributed by atoms with E-state index in [0.717, 1.165) is 5.69 Å². The number of amides is 1. The van der Waals surface area contributed by atoms with E-state index in [1.807, 2.05) is 0 Å². The van der Waals surface area contributed by atoms with Gasteiger partial charge in [0.2, 0.25) is 5.88 Å². The average Bonchev–Trinajstić information content (AvgIpc) is 2.50. The van der Waals surface area contributed by atoms with E-state index in [4.69, 9.17) is 0 Å². The SMILES string of the molecule is Cc1cc(C(=O)NCc2cnc(OCC(F)(F)F)c(C)c2)ccn1. The molecule has 0 atom stereocenters. The number of aryl methyl sites for hydroxylation is 2. The molecule has 0 radical (unpaired) electrons. The summed E-state index contributed by atoms with van der Waals surface area (Å²) < 4.78 is 41.1. The molecule has 2 aromatic rings. The van der Waals surface area contributed by atoms with Gasteiger partial charge >= 0.3 is 6.18 Å². The normalized spacial score (nSPS) is 11.2. The van der Waals surface area contributed by atoms with Crippen LogP contribution in [-0.2, 0) is 6.54 Å². The Morgan fingerprint density at radius 3 is 2.62 bits per heavy atom. The molecule has 0 bridgehead atoms. The Morgan fingerprint density at radius 2 is 2.00 bits per heavy atom. The van der Waals surface area contributed by atoms with Crippen molar-refractivity contribution >= 4 is 5.91 Å². The summed E-state index contributed by atoms with van der Waals surface area (Å²) in [5.74, 6) is -0.345. The van der Waals surface area contributed by atoms with Crippen molar-refractivity contribution in [2.45, 2.75) is 26.6 Å². The number of ether oxygens (including phenoxy) is 1. The highest BCUT2D eigenvalue weighted by molar-refractivity contribution is 5.94. The monoisotopic (exact) mass is 339 g/mol. The van der Waals surface area contributed by atoms with Gasteiger partial charge < -0.3 is 10.1 Å². The van der Waals surface area contributed by atoms with Crippen LogP contribution in [0.1, 0.15) is 27.2 Å². The largest absolute Gasteiger partial charge is 0.468 e. The Balaban J connectivity index is 1.96. The van der Waals surface area contributed by atoms with Crippen molar-refractivity contribution < 1.29 is 22.7 Å². The van der Waals surface area contributed by atoms with Gasteiger partial charge in [-0.3, -0.25) is 9.78 Å².